The van der Waals surface area contributed by atoms with Crippen LogP contribution in [0.25, 0.3) is 0 Å². The highest BCUT2D eigenvalue weighted by molar-refractivity contribution is 5.46. The van der Waals surface area contributed by atoms with E-state index in [0.717, 1.165) is 24.6 Å². The van der Waals surface area contributed by atoms with Crippen LogP contribution in [0.1, 0.15) is 20.8 Å². The second kappa shape index (κ2) is 9.44. The van der Waals surface area contributed by atoms with Crippen molar-refractivity contribution < 1.29 is 14.6 Å². The van der Waals surface area contributed by atoms with Gasteiger partial charge in [-0.1, -0.05) is 18.2 Å². The van der Waals surface area contributed by atoms with Crippen LogP contribution in [0.15, 0.2) is 54.6 Å². The highest BCUT2D eigenvalue weighted by Gasteiger charge is 2.30. The molecule has 1 unspecified atom stereocenters. The van der Waals surface area contributed by atoms with Crippen molar-refractivity contribution in [3.8, 4) is 11.5 Å². The molecule has 2 rings (SSSR count). The number of aliphatic hydroxyl groups excluding tert-OH is 1. The fourth-order valence-corrected chi connectivity index (χ4v) is 3.14. The number of ether oxygens (including phenoxy) is 2. The van der Waals surface area contributed by atoms with Crippen molar-refractivity contribution in [1.29, 1.82) is 0 Å². The van der Waals surface area contributed by atoms with Crippen molar-refractivity contribution in [3.05, 3.63) is 54.6 Å². The molecule has 4 nitrogen and oxygen atoms in total. The minimum absolute atomic E-state index is 0.293. The molecule has 0 aromatic heterocycles. The maximum atomic E-state index is 10.5. The minimum atomic E-state index is -0.535. The number of likely N-dealkylation sites (N-methyl/N-ethyl adjacent to an activating group) is 1. The second-order valence-electron chi connectivity index (χ2n) is 6.16. The van der Waals surface area contributed by atoms with Gasteiger partial charge in [-0.3, -0.25) is 4.48 Å². The van der Waals surface area contributed by atoms with E-state index in [1.165, 1.54) is 5.69 Å². The molecule has 0 heterocycles. The van der Waals surface area contributed by atoms with Gasteiger partial charge in [0.05, 0.1) is 19.7 Å². The summed E-state index contributed by atoms with van der Waals surface area (Å²) in [6.45, 7) is 9.69. The molecule has 2 aromatic carbocycles. The van der Waals surface area contributed by atoms with E-state index in [9.17, 15) is 5.11 Å². The average molecular weight is 344 g/mol. The predicted octanol–water partition coefficient (Wildman–Crippen LogP) is 3.87. The van der Waals surface area contributed by atoms with Crippen LogP contribution in [0.2, 0.25) is 0 Å². The van der Waals surface area contributed by atoms with Gasteiger partial charge in [0, 0.05) is 12.1 Å². The van der Waals surface area contributed by atoms with Crippen LogP contribution in [0.4, 0.5) is 5.69 Å². The molecule has 4 heteroatoms. The monoisotopic (exact) mass is 344 g/mol. The van der Waals surface area contributed by atoms with E-state index in [2.05, 4.69) is 26.0 Å². The number of quaternary nitrogens is 1. The number of para-hydroxylation sites is 1. The van der Waals surface area contributed by atoms with Gasteiger partial charge < -0.3 is 14.6 Å². The quantitative estimate of drug-likeness (QED) is 0.665. The Morgan fingerprint density at radius 1 is 0.840 bits per heavy atom. The Bertz CT molecular complexity index is 609. The summed E-state index contributed by atoms with van der Waals surface area (Å²) in [5, 5.41) is 10.5. The van der Waals surface area contributed by atoms with Gasteiger partial charge in [-0.25, -0.2) is 0 Å². The molecule has 0 saturated carbocycles. The highest BCUT2D eigenvalue weighted by atomic mass is 16.5. The van der Waals surface area contributed by atoms with E-state index in [0.29, 0.717) is 24.2 Å². The lowest BCUT2D eigenvalue weighted by Gasteiger charge is -2.37. The third-order valence-corrected chi connectivity index (χ3v) is 4.65. The van der Waals surface area contributed by atoms with Crippen LogP contribution in [-0.2, 0) is 0 Å². The standard InChI is InChI=1S/C21H30NO3/c1-4-22(5-2,18-12-14-21(15-13-18)24-6-3)16-19(23)17-25-20-10-8-7-9-11-20/h7-15,19,23H,4-6,16-17H2,1-3H3/q+1. The first-order valence-electron chi connectivity index (χ1n) is 9.09. The first kappa shape index (κ1) is 19.3. The van der Waals surface area contributed by atoms with Crippen LogP contribution in [0.5, 0.6) is 11.5 Å². The zero-order chi connectivity index (χ0) is 18.1. The lowest BCUT2D eigenvalue weighted by Crippen LogP contribution is -2.54. The van der Waals surface area contributed by atoms with Crippen molar-refractivity contribution in [2.24, 2.45) is 0 Å². The summed E-state index contributed by atoms with van der Waals surface area (Å²) in [5.41, 5.74) is 1.19. The van der Waals surface area contributed by atoms with E-state index < -0.39 is 6.10 Å². The van der Waals surface area contributed by atoms with Crippen LogP contribution in [-0.4, -0.2) is 44.1 Å². The summed E-state index contributed by atoms with van der Waals surface area (Å²) in [7, 11) is 0. The number of aliphatic hydroxyl groups is 1. The molecule has 1 atom stereocenters. The van der Waals surface area contributed by atoms with E-state index in [1.807, 2.05) is 49.4 Å². The molecule has 0 aliphatic carbocycles. The molecule has 0 amide bonds. The van der Waals surface area contributed by atoms with E-state index in [1.54, 1.807) is 0 Å². The topological polar surface area (TPSA) is 38.7 Å². The molecular formula is C21H30NO3+. The van der Waals surface area contributed by atoms with Crippen LogP contribution in [0.3, 0.4) is 0 Å². The molecule has 1 N–H and O–H groups in total. The predicted molar refractivity (Wildman–Crippen MR) is 103 cm³/mol. The third kappa shape index (κ3) is 5.21. The van der Waals surface area contributed by atoms with Crippen molar-refractivity contribution in [1.82, 2.24) is 4.48 Å². The SMILES string of the molecule is CCOc1ccc([N+](CC)(CC)CC(O)COc2ccccc2)cc1. The number of hydrogen-bond donors (Lipinski definition) is 1. The van der Waals surface area contributed by atoms with E-state index in [-0.39, 0.29) is 0 Å². The normalized spacial score (nSPS) is 12.6. The van der Waals surface area contributed by atoms with Gasteiger partial charge in [0.15, 0.2) is 0 Å². The number of hydrogen-bond acceptors (Lipinski definition) is 3. The lowest BCUT2D eigenvalue weighted by molar-refractivity contribution is 0.0731. The number of benzene rings is 2. The largest absolute Gasteiger partial charge is 0.494 e. The summed E-state index contributed by atoms with van der Waals surface area (Å²) in [6.07, 6.45) is -0.535. The average Bonchev–Trinajstić information content (AvgIpc) is 2.66. The van der Waals surface area contributed by atoms with Gasteiger partial charge >= 0.3 is 0 Å². The maximum Gasteiger partial charge on any atom is 0.137 e. The lowest BCUT2D eigenvalue weighted by atomic mass is 10.2. The molecule has 0 fully saturated rings. The highest BCUT2D eigenvalue weighted by Crippen LogP contribution is 2.26. The first-order chi connectivity index (χ1) is 12.1. The van der Waals surface area contributed by atoms with Crippen molar-refractivity contribution in [2.75, 3.05) is 32.8 Å². The molecule has 0 spiro atoms. The summed E-state index contributed by atoms with van der Waals surface area (Å²) >= 11 is 0. The fraction of sp³-hybridized carbons (Fsp3) is 0.429. The van der Waals surface area contributed by atoms with Gasteiger partial charge in [0.25, 0.3) is 0 Å². The number of rotatable bonds is 10. The van der Waals surface area contributed by atoms with E-state index >= 15 is 0 Å². The van der Waals surface area contributed by atoms with E-state index in [4.69, 9.17) is 9.47 Å². The van der Waals surface area contributed by atoms with Gasteiger partial charge in [0.2, 0.25) is 0 Å². The summed E-state index contributed by atoms with van der Waals surface area (Å²) < 4.78 is 12.0. The Balaban J connectivity index is 2.04. The minimum Gasteiger partial charge on any atom is -0.494 e. The Hall–Kier alpha value is -2.04. The van der Waals surface area contributed by atoms with Crippen molar-refractivity contribution >= 4 is 5.69 Å². The molecule has 0 saturated heterocycles. The van der Waals surface area contributed by atoms with Gasteiger partial charge in [-0.2, -0.15) is 0 Å². The zero-order valence-corrected chi connectivity index (χ0v) is 15.5. The molecule has 0 radical (unpaired) electrons. The molecule has 0 bridgehead atoms. The van der Waals surface area contributed by atoms with Crippen molar-refractivity contribution in [2.45, 2.75) is 26.9 Å². The molecule has 136 valence electrons. The fourth-order valence-electron chi connectivity index (χ4n) is 3.14. The molecule has 0 aliphatic rings. The Labute approximate surface area is 151 Å². The van der Waals surface area contributed by atoms with Gasteiger partial charge in [-0.05, 0) is 45.0 Å². The van der Waals surface area contributed by atoms with Gasteiger partial charge in [0.1, 0.15) is 36.4 Å². The van der Waals surface area contributed by atoms with Crippen LogP contribution >= 0.6 is 0 Å². The Kier molecular flexibility index (Phi) is 7.29. The first-order valence-corrected chi connectivity index (χ1v) is 9.09. The molecular weight excluding hydrogens is 314 g/mol. The Morgan fingerprint density at radius 2 is 1.44 bits per heavy atom. The van der Waals surface area contributed by atoms with Crippen molar-refractivity contribution in [3.63, 3.8) is 0 Å². The summed E-state index contributed by atoms with van der Waals surface area (Å²) in [6, 6.07) is 17.8. The Morgan fingerprint density at radius 3 is 2.00 bits per heavy atom. The summed E-state index contributed by atoms with van der Waals surface area (Å²) in [4.78, 5) is 0. The zero-order valence-electron chi connectivity index (χ0n) is 15.5. The molecule has 2 aromatic rings. The third-order valence-electron chi connectivity index (χ3n) is 4.65. The maximum absolute atomic E-state index is 10.5. The summed E-state index contributed by atoms with van der Waals surface area (Å²) in [5.74, 6) is 1.67. The van der Waals surface area contributed by atoms with Crippen LogP contribution in [0, 0.1) is 0 Å². The van der Waals surface area contributed by atoms with Crippen LogP contribution < -0.4 is 14.0 Å². The van der Waals surface area contributed by atoms with Gasteiger partial charge in [-0.15, -0.1) is 0 Å². The second-order valence-corrected chi connectivity index (χ2v) is 6.16. The molecule has 0 aliphatic heterocycles. The number of nitrogens with zero attached hydrogens (tertiary/aromatic N) is 1. The molecule has 25 heavy (non-hydrogen) atoms. The smallest absolute Gasteiger partial charge is 0.137 e.